The number of aromatic nitrogens is 2. The zero-order valence-electron chi connectivity index (χ0n) is 10.9. The number of hydrogen-bond donors (Lipinski definition) is 1. The number of H-pyrrole nitrogens is 1. The summed E-state index contributed by atoms with van der Waals surface area (Å²) in [4.78, 5) is 20.5. The van der Waals surface area contributed by atoms with Crippen LogP contribution in [0.4, 0.5) is 0 Å². The van der Waals surface area contributed by atoms with Crippen LogP contribution in [-0.4, -0.2) is 9.97 Å². The number of hydrogen-bond acceptors (Lipinski definition) is 3. The van der Waals surface area contributed by atoms with E-state index >= 15 is 0 Å². The molecule has 0 saturated carbocycles. The third kappa shape index (κ3) is 2.25. The molecule has 0 spiro atoms. The largest absolute Gasteiger partial charge is 0.310 e. The van der Waals surface area contributed by atoms with Gasteiger partial charge in [-0.1, -0.05) is 36.7 Å². The minimum absolute atomic E-state index is 0.0883. The average molecular weight is 305 g/mol. The van der Waals surface area contributed by atoms with Crippen molar-refractivity contribution in [3.05, 3.63) is 50.8 Å². The highest BCUT2D eigenvalue weighted by atomic mass is 35.5. The van der Waals surface area contributed by atoms with Gasteiger partial charge in [0.15, 0.2) is 0 Å². The Morgan fingerprint density at radius 1 is 1.30 bits per heavy atom. The van der Waals surface area contributed by atoms with Gasteiger partial charge in [-0.05, 0) is 12.5 Å². The van der Waals surface area contributed by atoms with E-state index < -0.39 is 0 Å². The number of thiophene rings is 1. The molecule has 102 valence electrons. The van der Waals surface area contributed by atoms with Crippen LogP contribution in [-0.2, 0) is 6.42 Å². The lowest BCUT2D eigenvalue weighted by atomic mass is 10.1. The van der Waals surface area contributed by atoms with Crippen LogP contribution in [0.25, 0.3) is 21.3 Å². The molecule has 3 nitrogen and oxygen atoms in total. The summed E-state index contributed by atoms with van der Waals surface area (Å²) >= 11 is 7.70. The fourth-order valence-electron chi connectivity index (χ4n) is 2.23. The van der Waals surface area contributed by atoms with Gasteiger partial charge in [-0.25, -0.2) is 4.98 Å². The van der Waals surface area contributed by atoms with Crippen LogP contribution < -0.4 is 5.56 Å². The maximum Gasteiger partial charge on any atom is 0.260 e. The number of halogens is 1. The van der Waals surface area contributed by atoms with Crippen molar-refractivity contribution in [2.75, 3.05) is 0 Å². The lowest BCUT2D eigenvalue weighted by Gasteiger charge is -2.03. The van der Waals surface area contributed by atoms with Gasteiger partial charge < -0.3 is 4.98 Å². The van der Waals surface area contributed by atoms with E-state index in [1.54, 1.807) is 0 Å². The predicted molar refractivity (Wildman–Crippen MR) is 84.7 cm³/mol. The van der Waals surface area contributed by atoms with Gasteiger partial charge in [0.25, 0.3) is 5.56 Å². The first-order valence-corrected chi connectivity index (χ1v) is 7.71. The monoisotopic (exact) mass is 304 g/mol. The molecule has 0 radical (unpaired) electrons. The zero-order valence-corrected chi connectivity index (χ0v) is 12.5. The van der Waals surface area contributed by atoms with Crippen molar-refractivity contribution in [1.29, 1.82) is 0 Å². The smallest absolute Gasteiger partial charge is 0.260 e. The van der Waals surface area contributed by atoms with Crippen LogP contribution in [0.15, 0.2) is 34.4 Å². The normalized spacial score (nSPS) is 11.1. The van der Waals surface area contributed by atoms with E-state index in [1.807, 2.05) is 29.6 Å². The molecule has 1 N–H and O–H groups in total. The summed E-state index contributed by atoms with van der Waals surface area (Å²) in [5.74, 6) is 0.748. The number of benzene rings is 1. The fourth-order valence-corrected chi connectivity index (χ4v) is 3.42. The fraction of sp³-hybridized carbons (Fsp3) is 0.200. The number of aryl methyl sites for hydroxylation is 1. The van der Waals surface area contributed by atoms with Gasteiger partial charge >= 0.3 is 0 Å². The molecule has 20 heavy (non-hydrogen) atoms. The molecule has 0 fully saturated rings. The van der Waals surface area contributed by atoms with Crippen molar-refractivity contribution >= 4 is 33.2 Å². The van der Waals surface area contributed by atoms with Gasteiger partial charge in [0, 0.05) is 28.0 Å². The Morgan fingerprint density at radius 2 is 2.10 bits per heavy atom. The Labute approximate surface area is 125 Å². The van der Waals surface area contributed by atoms with Gasteiger partial charge in [0.1, 0.15) is 10.7 Å². The zero-order chi connectivity index (χ0) is 14.1. The van der Waals surface area contributed by atoms with Gasteiger partial charge in [0.2, 0.25) is 0 Å². The third-order valence-corrected chi connectivity index (χ3v) is 4.35. The van der Waals surface area contributed by atoms with E-state index in [2.05, 4.69) is 16.9 Å². The molecule has 1 aromatic carbocycles. The second-order valence-corrected chi connectivity index (χ2v) is 5.84. The summed E-state index contributed by atoms with van der Waals surface area (Å²) in [6, 6.07) is 7.54. The molecule has 0 bridgehead atoms. The van der Waals surface area contributed by atoms with Crippen LogP contribution in [0, 0.1) is 0 Å². The molecular weight excluding hydrogens is 292 g/mol. The third-order valence-electron chi connectivity index (χ3n) is 3.14. The standard InChI is InChI=1S/C15H13ClN2OS/c1-2-5-12-17-14(19)13-10(8-20-15(13)18-12)9-6-3-4-7-11(9)16/h3-4,6-8H,2,5H2,1H3,(H,17,18,19). The van der Waals surface area contributed by atoms with Crippen molar-refractivity contribution in [3.63, 3.8) is 0 Å². The summed E-state index contributed by atoms with van der Waals surface area (Å²) in [6.07, 6.45) is 1.74. The Morgan fingerprint density at radius 3 is 2.85 bits per heavy atom. The first kappa shape index (κ1) is 13.3. The van der Waals surface area contributed by atoms with E-state index in [-0.39, 0.29) is 5.56 Å². The Bertz CT molecular complexity index is 822. The molecular formula is C15H13ClN2OS. The SMILES string of the molecule is CCCc1nc2scc(-c3ccccc3Cl)c2c(=O)[nH]1. The molecule has 2 aromatic heterocycles. The molecule has 2 heterocycles. The predicted octanol–water partition coefficient (Wildman–Crippen LogP) is 4.26. The van der Waals surface area contributed by atoms with Gasteiger partial charge in [0.05, 0.1) is 5.39 Å². The highest BCUT2D eigenvalue weighted by Crippen LogP contribution is 2.34. The topological polar surface area (TPSA) is 45.8 Å². The molecule has 0 aliphatic rings. The average Bonchev–Trinajstić information content (AvgIpc) is 2.84. The molecule has 0 aliphatic carbocycles. The quantitative estimate of drug-likeness (QED) is 0.786. The second kappa shape index (κ2) is 5.38. The number of fused-ring (bicyclic) bond motifs is 1. The minimum atomic E-state index is -0.0883. The number of nitrogens with one attached hydrogen (secondary N) is 1. The molecule has 0 aliphatic heterocycles. The van der Waals surface area contributed by atoms with Crippen LogP contribution in [0.3, 0.4) is 0 Å². The van der Waals surface area contributed by atoms with E-state index in [0.29, 0.717) is 10.4 Å². The van der Waals surface area contributed by atoms with E-state index in [4.69, 9.17) is 11.6 Å². The Hall–Kier alpha value is -1.65. The number of aromatic amines is 1. The molecule has 0 saturated heterocycles. The van der Waals surface area contributed by atoms with Crippen molar-refractivity contribution in [1.82, 2.24) is 9.97 Å². The summed E-state index contributed by atoms with van der Waals surface area (Å²) in [6.45, 7) is 2.06. The van der Waals surface area contributed by atoms with Crippen LogP contribution >= 0.6 is 22.9 Å². The van der Waals surface area contributed by atoms with Crippen molar-refractivity contribution in [3.8, 4) is 11.1 Å². The van der Waals surface area contributed by atoms with Crippen molar-refractivity contribution < 1.29 is 0 Å². The van der Waals surface area contributed by atoms with Gasteiger partial charge in [-0.2, -0.15) is 0 Å². The second-order valence-electron chi connectivity index (χ2n) is 4.57. The molecule has 0 amide bonds. The Kier molecular flexibility index (Phi) is 3.59. The molecule has 3 rings (SSSR count). The Balaban J connectivity index is 2.25. The summed E-state index contributed by atoms with van der Waals surface area (Å²) in [7, 11) is 0. The lowest BCUT2D eigenvalue weighted by molar-refractivity contribution is 0.838. The van der Waals surface area contributed by atoms with Crippen molar-refractivity contribution in [2.24, 2.45) is 0 Å². The maximum atomic E-state index is 12.3. The first-order valence-electron chi connectivity index (χ1n) is 6.46. The summed E-state index contributed by atoms with van der Waals surface area (Å²) in [5.41, 5.74) is 1.64. The highest BCUT2D eigenvalue weighted by molar-refractivity contribution is 7.17. The van der Waals surface area contributed by atoms with E-state index in [1.165, 1.54) is 11.3 Å². The molecule has 5 heteroatoms. The van der Waals surface area contributed by atoms with Gasteiger partial charge in [-0.3, -0.25) is 4.79 Å². The van der Waals surface area contributed by atoms with Crippen LogP contribution in [0.2, 0.25) is 5.02 Å². The molecule has 0 atom stereocenters. The minimum Gasteiger partial charge on any atom is -0.310 e. The first-order chi connectivity index (χ1) is 9.70. The number of nitrogens with zero attached hydrogens (tertiary/aromatic N) is 1. The maximum absolute atomic E-state index is 12.3. The van der Waals surface area contributed by atoms with E-state index in [0.717, 1.165) is 34.6 Å². The van der Waals surface area contributed by atoms with Gasteiger partial charge in [-0.15, -0.1) is 11.3 Å². The molecule has 0 unspecified atom stereocenters. The lowest BCUT2D eigenvalue weighted by Crippen LogP contribution is -2.11. The highest BCUT2D eigenvalue weighted by Gasteiger charge is 2.14. The summed E-state index contributed by atoms with van der Waals surface area (Å²) in [5, 5.41) is 3.22. The summed E-state index contributed by atoms with van der Waals surface area (Å²) < 4.78 is 0. The van der Waals surface area contributed by atoms with Crippen LogP contribution in [0.5, 0.6) is 0 Å². The van der Waals surface area contributed by atoms with Crippen LogP contribution in [0.1, 0.15) is 19.2 Å². The van der Waals surface area contributed by atoms with E-state index in [9.17, 15) is 4.79 Å². The number of rotatable bonds is 3. The van der Waals surface area contributed by atoms with Crippen molar-refractivity contribution in [2.45, 2.75) is 19.8 Å². The molecule has 3 aromatic rings.